The second-order valence-corrected chi connectivity index (χ2v) is 10.3. The molecule has 176 valence electrons. The Morgan fingerprint density at radius 3 is 2.03 bits per heavy atom. The summed E-state index contributed by atoms with van der Waals surface area (Å²) in [7, 11) is -3.62. The molecule has 1 heterocycles. The third-order valence-electron chi connectivity index (χ3n) is 5.05. The van der Waals surface area contributed by atoms with Crippen LogP contribution in [0.15, 0.2) is 57.9 Å². The van der Waals surface area contributed by atoms with Gasteiger partial charge in [0.05, 0.1) is 10.5 Å². The van der Waals surface area contributed by atoms with Crippen LogP contribution in [0.4, 0.5) is 0 Å². The Kier molecular flexibility index (Phi) is 8.59. The highest BCUT2D eigenvalue weighted by Crippen LogP contribution is 2.21. The van der Waals surface area contributed by atoms with Gasteiger partial charge < -0.3 is 4.74 Å². The molecule has 0 aliphatic carbocycles. The van der Waals surface area contributed by atoms with Gasteiger partial charge in [0.15, 0.2) is 6.61 Å². The van der Waals surface area contributed by atoms with E-state index >= 15 is 0 Å². The number of benzene rings is 2. The second-order valence-electron chi connectivity index (χ2n) is 7.43. The molecular formula is C22H24BrN3O6S. The van der Waals surface area contributed by atoms with E-state index < -0.39 is 34.4 Å². The molecule has 1 aliphatic rings. The van der Waals surface area contributed by atoms with E-state index in [1.165, 1.54) is 28.6 Å². The molecular weight excluding hydrogens is 514 g/mol. The van der Waals surface area contributed by atoms with Gasteiger partial charge in [0.25, 0.3) is 11.8 Å². The van der Waals surface area contributed by atoms with E-state index in [9.17, 15) is 22.8 Å². The summed E-state index contributed by atoms with van der Waals surface area (Å²) >= 11 is 3.26. The Morgan fingerprint density at radius 2 is 1.42 bits per heavy atom. The first-order valence-corrected chi connectivity index (χ1v) is 12.6. The van der Waals surface area contributed by atoms with Gasteiger partial charge in [0.1, 0.15) is 0 Å². The van der Waals surface area contributed by atoms with Crippen LogP contribution < -0.4 is 10.9 Å². The van der Waals surface area contributed by atoms with Crippen molar-refractivity contribution in [1.29, 1.82) is 0 Å². The van der Waals surface area contributed by atoms with Gasteiger partial charge in [-0.15, -0.1) is 0 Å². The Balaban J connectivity index is 1.49. The summed E-state index contributed by atoms with van der Waals surface area (Å²) in [6.07, 6.45) is 3.68. The Bertz CT molecular complexity index is 1100. The molecule has 0 radical (unpaired) electrons. The average Bonchev–Trinajstić information content (AvgIpc) is 3.12. The third kappa shape index (κ3) is 6.86. The minimum absolute atomic E-state index is 0.106. The lowest BCUT2D eigenvalue weighted by molar-refractivity contribution is -0.125. The summed E-state index contributed by atoms with van der Waals surface area (Å²) in [5.41, 5.74) is 4.83. The first-order valence-electron chi connectivity index (χ1n) is 10.4. The van der Waals surface area contributed by atoms with Crippen molar-refractivity contribution in [3.05, 3.63) is 64.1 Å². The average molecular weight is 538 g/mol. The van der Waals surface area contributed by atoms with Crippen molar-refractivity contribution in [2.24, 2.45) is 0 Å². The third-order valence-corrected chi connectivity index (χ3v) is 7.49. The van der Waals surface area contributed by atoms with Crippen LogP contribution in [0.25, 0.3) is 0 Å². The number of halogens is 1. The van der Waals surface area contributed by atoms with Crippen LogP contribution in [-0.2, 0) is 19.6 Å². The second kappa shape index (κ2) is 11.4. The van der Waals surface area contributed by atoms with Gasteiger partial charge in [-0.25, -0.2) is 13.2 Å². The molecule has 0 spiro atoms. The van der Waals surface area contributed by atoms with Crippen LogP contribution in [0, 0.1) is 0 Å². The van der Waals surface area contributed by atoms with Crippen LogP contribution in [0.2, 0.25) is 0 Å². The number of carbonyl (C=O) groups excluding carboxylic acids is 3. The van der Waals surface area contributed by atoms with E-state index in [1.54, 1.807) is 24.3 Å². The van der Waals surface area contributed by atoms with E-state index in [1.807, 2.05) is 0 Å². The Hall–Kier alpha value is -2.76. The van der Waals surface area contributed by atoms with Crippen molar-refractivity contribution < 1.29 is 27.5 Å². The summed E-state index contributed by atoms with van der Waals surface area (Å²) in [6.45, 7) is 0.354. The van der Waals surface area contributed by atoms with Gasteiger partial charge in [0.2, 0.25) is 10.0 Å². The molecule has 2 N–H and O–H groups in total. The first kappa shape index (κ1) is 24.9. The van der Waals surface area contributed by atoms with Gasteiger partial charge in [-0.1, -0.05) is 28.8 Å². The predicted molar refractivity (Wildman–Crippen MR) is 124 cm³/mol. The van der Waals surface area contributed by atoms with Crippen LogP contribution >= 0.6 is 15.9 Å². The van der Waals surface area contributed by atoms with E-state index in [2.05, 4.69) is 26.8 Å². The van der Waals surface area contributed by atoms with Crippen LogP contribution in [0.3, 0.4) is 0 Å². The van der Waals surface area contributed by atoms with Gasteiger partial charge in [-0.2, -0.15) is 4.31 Å². The normalized spacial score (nSPS) is 14.7. The fourth-order valence-corrected chi connectivity index (χ4v) is 5.03. The van der Waals surface area contributed by atoms with Crippen molar-refractivity contribution in [3.63, 3.8) is 0 Å². The molecule has 33 heavy (non-hydrogen) atoms. The number of sulfonamides is 1. The minimum Gasteiger partial charge on any atom is -0.452 e. The standard InChI is InChI=1S/C22H24BrN3O6S/c23-18-9-5-16(6-10-18)21(28)25-24-20(27)15-32-22(29)17-7-11-19(12-8-17)33(30,31)26-13-3-1-2-4-14-26/h5-12H,1-4,13-15H2,(H,24,27)(H,25,28). The number of rotatable bonds is 6. The van der Waals surface area contributed by atoms with Gasteiger partial charge in [0, 0.05) is 23.1 Å². The van der Waals surface area contributed by atoms with Crippen LogP contribution in [0.5, 0.6) is 0 Å². The molecule has 0 saturated carbocycles. The number of esters is 1. The first-order chi connectivity index (χ1) is 15.8. The van der Waals surface area contributed by atoms with Gasteiger partial charge in [-0.3, -0.25) is 20.4 Å². The molecule has 9 nitrogen and oxygen atoms in total. The summed E-state index contributed by atoms with van der Waals surface area (Å²) in [6, 6.07) is 11.9. The molecule has 2 aromatic rings. The smallest absolute Gasteiger partial charge is 0.338 e. The lowest BCUT2D eigenvalue weighted by atomic mass is 10.2. The maximum absolute atomic E-state index is 12.8. The quantitative estimate of drug-likeness (QED) is 0.431. The predicted octanol–water partition coefficient (Wildman–Crippen LogP) is 2.63. The summed E-state index contributed by atoms with van der Waals surface area (Å²) in [5.74, 6) is -2.04. The lowest BCUT2D eigenvalue weighted by Crippen LogP contribution is -2.43. The molecule has 3 rings (SSSR count). The largest absolute Gasteiger partial charge is 0.452 e. The summed E-state index contributed by atoms with van der Waals surface area (Å²) in [5, 5.41) is 0. The highest BCUT2D eigenvalue weighted by Gasteiger charge is 2.25. The van der Waals surface area contributed by atoms with Gasteiger partial charge in [-0.05, 0) is 61.4 Å². The molecule has 0 unspecified atom stereocenters. The zero-order valence-electron chi connectivity index (χ0n) is 17.8. The number of hydrogen-bond donors (Lipinski definition) is 2. The minimum atomic E-state index is -3.62. The lowest BCUT2D eigenvalue weighted by Gasteiger charge is -2.19. The molecule has 2 amide bonds. The van der Waals surface area contributed by atoms with Crippen molar-refractivity contribution in [3.8, 4) is 0 Å². The van der Waals surface area contributed by atoms with Crippen molar-refractivity contribution in [1.82, 2.24) is 15.2 Å². The molecule has 11 heteroatoms. The molecule has 1 aliphatic heterocycles. The SMILES string of the molecule is O=C(COC(=O)c1ccc(S(=O)(=O)N2CCCCCC2)cc1)NNC(=O)c1ccc(Br)cc1. The van der Waals surface area contributed by atoms with E-state index in [-0.39, 0.29) is 10.5 Å². The van der Waals surface area contributed by atoms with Crippen LogP contribution in [0.1, 0.15) is 46.4 Å². The summed E-state index contributed by atoms with van der Waals surface area (Å²) < 4.78 is 32.8. The number of nitrogens with zero attached hydrogens (tertiary/aromatic N) is 1. The zero-order chi connectivity index (χ0) is 23.8. The maximum Gasteiger partial charge on any atom is 0.338 e. The fourth-order valence-electron chi connectivity index (χ4n) is 3.24. The highest BCUT2D eigenvalue weighted by atomic mass is 79.9. The fraction of sp³-hybridized carbons (Fsp3) is 0.318. The number of carbonyl (C=O) groups is 3. The Morgan fingerprint density at radius 1 is 0.848 bits per heavy atom. The van der Waals surface area contributed by atoms with Crippen molar-refractivity contribution in [2.75, 3.05) is 19.7 Å². The zero-order valence-corrected chi connectivity index (χ0v) is 20.2. The topological polar surface area (TPSA) is 122 Å². The highest BCUT2D eigenvalue weighted by molar-refractivity contribution is 9.10. The molecule has 2 aromatic carbocycles. The van der Waals surface area contributed by atoms with E-state index in [0.717, 1.165) is 30.2 Å². The Labute approximate surface area is 200 Å². The maximum atomic E-state index is 12.8. The number of hydrogen-bond acceptors (Lipinski definition) is 6. The number of ether oxygens (including phenoxy) is 1. The summed E-state index contributed by atoms with van der Waals surface area (Å²) in [4.78, 5) is 36.1. The van der Waals surface area contributed by atoms with E-state index in [4.69, 9.17) is 4.74 Å². The monoisotopic (exact) mass is 537 g/mol. The molecule has 0 atom stereocenters. The molecule has 1 saturated heterocycles. The molecule has 0 bridgehead atoms. The number of amides is 2. The van der Waals surface area contributed by atoms with Crippen molar-refractivity contribution in [2.45, 2.75) is 30.6 Å². The van der Waals surface area contributed by atoms with Gasteiger partial charge >= 0.3 is 5.97 Å². The number of hydrazine groups is 1. The van der Waals surface area contributed by atoms with Crippen LogP contribution in [-0.4, -0.2) is 50.2 Å². The molecule has 1 fully saturated rings. The molecule has 0 aromatic heterocycles. The van der Waals surface area contributed by atoms with E-state index in [0.29, 0.717) is 18.7 Å². The number of nitrogens with one attached hydrogen (secondary N) is 2. The van der Waals surface area contributed by atoms with Crippen molar-refractivity contribution >= 4 is 43.7 Å².